The van der Waals surface area contributed by atoms with E-state index in [0.29, 0.717) is 60.9 Å². The zero-order valence-corrected chi connectivity index (χ0v) is 20.0. The van der Waals surface area contributed by atoms with Gasteiger partial charge in [-0.25, -0.2) is 0 Å². The molecule has 2 aromatic carbocycles. The first-order valence-electron chi connectivity index (χ1n) is 12.0. The number of hydrogen-bond acceptors (Lipinski definition) is 4. The standard InChI is InChI=1S/C27H31N3O4/c1-4-5-12-30-26(33)22-11-10-21(17-23(22)27(30)34)25(32)29-15-13-28(14-16-29)24(31)20-8-6-19(7-9-20)18(2)3/h6-11,17-18H,4-5,12-16H2,1-3H3. The van der Waals surface area contributed by atoms with Crippen molar-refractivity contribution in [3.05, 3.63) is 70.3 Å². The molecule has 0 N–H and O–H groups in total. The third kappa shape index (κ3) is 4.47. The lowest BCUT2D eigenvalue weighted by molar-refractivity contribution is 0.0535. The van der Waals surface area contributed by atoms with Crippen LogP contribution < -0.4 is 0 Å². The molecule has 178 valence electrons. The molecule has 0 aliphatic carbocycles. The summed E-state index contributed by atoms with van der Waals surface area (Å²) in [6.07, 6.45) is 1.64. The SMILES string of the molecule is CCCCN1C(=O)c2ccc(C(=O)N3CCN(C(=O)c4ccc(C(C)C)cc4)CC3)cc2C1=O. The van der Waals surface area contributed by atoms with E-state index in [1.54, 1.807) is 21.9 Å². The van der Waals surface area contributed by atoms with Gasteiger partial charge in [0.15, 0.2) is 0 Å². The summed E-state index contributed by atoms with van der Waals surface area (Å²) in [5.41, 5.74) is 2.89. The van der Waals surface area contributed by atoms with Crippen LogP contribution in [0.15, 0.2) is 42.5 Å². The van der Waals surface area contributed by atoms with Gasteiger partial charge >= 0.3 is 0 Å². The molecule has 7 heteroatoms. The fourth-order valence-corrected chi connectivity index (χ4v) is 4.43. The van der Waals surface area contributed by atoms with Crippen molar-refractivity contribution >= 4 is 23.6 Å². The van der Waals surface area contributed by atoms with E-state index in [1.807, 2.05) is 31.2 Å². The number of imide groups is 1. The van der Waals surface area contributed by atoms with Gasteiger partial charge in [-0.05, 0) is 48.2 Å². The van der Waals surface area contributed by atoms with Gasteiger partial charge < -0.3 is 9.80 Å². The largest absolute Gasteiger partial charge is 0.335 e. The number of benzene rings is 2. The van der Waals surface area contributed by atoms with E-state index in [1.165, 1.54) is 16.5 Å². The van der Waals surface area contributed by atoms with Crippen molar-refractivity contribution in [1.82, 2.24) is 14.7 Å². The first kappa shape index (κ1) is 23.7. The Morgan fingerprint density at radius 1 is 0.794 bits per heavy atom. The lowest BCUT2D eigenvalue weighted by Crippen LogP contribution is -2.50. The van der Waals surface area contributed by atoms with Crippen LogP contribution >= 0.6 is 0 Å². The van der Waals surface area contributed by atoms with Crippen LogP contribution in [0.5, 0.6) is 0 Å². The number of nitrogens with zero attached hydrogens (tertiary/aromatic N) is 3. The summed E-state index contributed by atoms with van der Waals surface area (Å²) in [7, 11) is 0. The van der Waals surface area contributed by atoms with Crippen molar-refractivity contribution in [2.45, 2.75) is 39.5 Å². The Morgan fingerprint density at radius 3 is 1.88 bits per heavy atom. The smallest absolute Gasteiger partial charge is 0.261 e. The maximum Gasteiger partial charge on any atom is 0.261 e. The second-order valence-electron chi connectivity index (χ2n) is 9.24. The first-order valence-corrected chi connectivity index (χ1v) is 12.0. The van der Waals surface area contributed by atoms with Gasteiger partial charge in [0.25, 0.3) is 23.6 Å². The molecule has 34 heavy (non-hydrogen) atoms. The summed E-state index contributed by atoms with van der Waals surface area (Å²) >= 11 is 0. The monoisotopic (exact) mass is 461 g/mol. The average Bonchev–Trinajstić information content (AvgIpc) is 3.10. The van der Waals surface area contributed by atoms with Crippen LogP contribution in [0, 0.1) is 0 Å². The molecule has 0 spiro atoms. The molecule has 2 aromatic rings. The third-order valence-electron chi connectivity index (χ3n) is 6.63. The third-order valence-corrected chi connectivity index (χ3v) is 6.63. The predicted molar refractivity (Wildman–Crippen MR) is 129 cm³/mol. The Kier molecular flexibility index (Phi) is 6.82. The maximum atomic E-state index is 13.1. The lowest BCUT2D eigenvalue weighted by Gasteiger charge is -2.35. The van der Waals surface area contributed by atoms with Crippen molar-refractivity contribution in [1.29, 1.82) is 0 Å². The summed E-state index contributed by atoms with van der Waals surface area (Å²) in [6.45, 7) is 8.36. The van der Waals surface area contributed by atoms with Gasteiger partial charge in [0.2, 0.25) is 0 Å². The summed E-state index contributed by atoms with van der Waals surface area (Å²) < 4.78 is 0. The molecule has 2 aliphatic rings. The topological polar surface area (TPSA) is 78.0 Å². The number of carbonyl (C=O) groups is 4. The minimum atomic E-state index is -0.331. The van der Waals surface area contributed by atoms with Crippen molar-refractivity contribution < 1.29 is 19.2 Å². The second-order valence-corrected chi connectivity index (χ2v) is 9.24. The van der Waals surface area contributed by atoms with E-state index in [2.05, 4.69) is 13.8 Å². The molecule has 0 aromatic heterocycles. The van der Waals surface area contributed by atoms with Crippen molar-refractivity contribution in [2.24, 2.45) is 0 Å². The van der Waals surface area contributed by atoms with Crippen LogP contribution in [-0.4, -0.2) is 71.1 Å². The Morgan fingerprint density at radius 2 is 1.32 bits per heavy atom. The highest BCUT2D eigenvalue weighted by Gasteiger charge is 2.36. The van der Waals surface area contributed by atoms with Crippen LogP contribution in [0.4, 0.5) is 0 Å². The van der Waals surface area contributed by atoms with Gasteiger partial charge in [0.05, 0.1) is 11.1 Å². The number of hydrogen-bond donors (Lipinski definition) is 0. The van der Waals surface area contributed by atoms with Crippen LogP contribution in [0.25, 0.3) is 0 Å². The molecule has 1 saturated heterocycles. The highest BCUT2D eigenvalue weighted by atomic mass is 16.2. The van der Waals surface area contributed by atoms with E-state index < -0.39 is 0 Å². The molecule has 4 amide bonds. The van der Waals surface area contributed by atoms with Gasteiger partial charge in [-0.1, -0.05) is 39.3 Å². The average molecular weight is 462 g/mol. The fraction of sp³-hybridized carbons (Fsp3) is 0.407. The van der Waals surface area contributed by atoms with E-state index >= 15 is 0 Å². The molecular formula is C27H31N3O4. The molecule has 0 bridgehead atoms. The predicted octanol–water partition coefficient (Wildman–Crippen LogP) is 3.80. The minimum absolute atomic E-state index is 0.0313. The molecule has 0 unspecified atom stereocenters. The van der Waals surface area contributed by atoms with Crippen LogP contribution in [0.1, 0.15) is 86.5 Å². The van der Waals surface area contributed by atoms with Crippen LogP contribution in [-0.2, 0) is 0 Å². The van der Waals surface area contributed by atoms with Crippen LogP contribution in [0.3, 0.4) is 0 Å². The number of unbranched alkanes of at least 4 members (excludes halogenated alkanes) is 1. The first-order chi connectivity index (χ1) is 16.3. The van der Waals surface area contributed by atoms with Crippen LogP contribution in [0.2, 0.25) is 0 Å². The van der Waals surface area contributed by atoms with E-state index in [0.717, 1.165) is 12.8 Å². The molecule has 2 heterocycles. The molecule has 4 rings (SSSR count). The van der Waals surface area contributed by atoms with Gasteiger partial charge in [-0.2, -0.15) is 0 Å². The Balaban J connectivity index is 1.40. The van der Waals surface area contributed by atoms with E-state index in [-0.39, 0.29) is 23.6 Å². The highest BCUT2D eigenvalue weighted by Crippen LogP contribution is 2.25. The van der Waals surface area contributed by atoms with Gasteiger partial charge in [-0.3, -0.25) is 24.1 Å². The molecular weight excluding hydrogens is 430 g/mol. The number of amides is 4. The van der Waals surface area contributed by atoms with E-state index in [4.69, 9.17) is 0 Å². The number of piperazine rings is 1. The van der Waals surface area contributed by atoms with E-state index in [9.17, 15) is 19.2 Å². The number of carbonyl (C=O) groups excluding carboxylic acids is 4. The summed E-state index contributed by atoms with van der Waals surface area (Å²) in [5, 5.41) is 0. The van der Waals surface area contributed by atoms with Gasteiger partial charge in [0.1, 0.15) is 0 Å². The van der Waals surface area contributed by atoms with Gasteiger partial charge in [-0.15, -0.1) is 0 Å². The molecule has 1 fully saturated rings. The second kappa shape index (κ2) is 9.79. The molecule has 0 saturated carbocycles. The molecule has 0 radical (unpaired) electrons. The quantitative estimate of drug-likeness (QED) is 0.613. The summed E-state index contributed by atoms with van der Waals surface area (Å²) in [5.74, 6) is -0.437. The fourth-order valence-electron chi connectivity index (χ4n) is 4.43. The normalized spacial score (nSPS) is 15.8. The number of rotatable bonds is 6. The molecule has 0 atom stereocenters. The van der Waals surface area contributed by atoms with Crippen molar-refractivity contribution in [2.75, 3.05) is 32.7 Å². The summed E-state index contributed by atoms with van der Waals surface area (Å²) in [6, 6.07) is 12.4. The van der Waals surface area contributed by atoms with Gasteiger partial charge in [0, 0.05) is 43.9 Å². The van der Waals surface area contributed by atoms with Crippen molar-refractivity contribution in [3.8, 4) is 0 Å². The Labute approximate surface area is 200 Å². The lowest BCUT2D eigenvalue weighted by atomic mass is 10.0. The maximum absolute atomic E-state index is 13.1. The Bertz CT molecular complexity index is 1120. The molecule has 7 nitrogen and oxygen atoms in total. The zero-order chi connectivity index (χ0) is 24.4. The number of fused-ring (bicyclic) bond motifs is 1. The minimum Gasteiger partial charge on any atom is -0.335 e. The highest BCUT2D eigenvalue weighted by molar-refractivity contribution is 6.22. The summed E-state index contributed by atoms with van der Waals surface area (Å²) in [4.78, 5) is 56.0. The zero-order valence-electron chi connectivity index (χ0n) is 20.0. The van der Waals surface area contributed by atoms with Crippen molar-refractivity contribution in [3.63, 3.8) is 0 Å². The Hall–Kier alpha value is -3.48. The molecule has 2 aliphatic heterocycles.